The third kappa shape index (κ3) is 3.50. The summed E-state index contributed by atoms with van der Waals surface area (Å²) in [5, 5.41) is 23.5. The van der Waals surface area contributed by atoms with Crippen molar-refractivity contribution in [2.75, 3.05) is 6.54 Å². The highest BCUT2D eigenvalue weighted by Gasteiger charge is 2.60. The van der Waals surface area contributed by atoms with Crippen molar-refractivity contribution in [3.8, 4) is 17.9 Å². The molecule has 1 aromatic carbocycles. The van der Waals surface area contributed by atoms with Gasteiger partial charge in [-0.3, -0.25) is 4.79 Å². The number of likely N-dealkylation sites (N-methyl/N-ethyl adjacent to an activating group) is 1. The predicted octanol–water partition coefficient (Wildman–Crippen LogP) is 2.65. The summed E-state index contributed by atoms with van der Waals surface area (Å²) >= 11 is 0. The van der Waals surface area contributed by atoms with Crippen LogP contribution in [0.5, 0.6) is 0 Å². The van der Waals surface area contributed by atoms with Crippen molar-refractivity contribution >= 4 is 5.91 Å². The van der Waals surface area contributed by atoms with Gasteiger partial charge in [-0.1, -0.05) is 49.1 Å². The number of benzene rings is 1. The lowest BCUT2D eigenvalue weighted by atomic mass is 9.79. The second-order valence-corrected chi connectivity index (χ2v) is 5.94. The van der Waals surface area contributed by atoms with Crippen LogP contribution >= 0.6 is 0 Å². The molecular formula is C20H22N2O2. The van der Waals surface area contributed by atoms with Gasteiger partial charge in [0.1, 0.15) is 5.41 Å². The molecular weight excluding hydrogens is 300 g/mol. The van der Waals surface area contributed by atoms with Gasteiger partial charge in [0.05, 0.1) is 6.07 Å². The van der Waals surface area contributed by atoms with E-state index in [9.17, 15) is 15.2 Å². The summed E-state index contributed by atoms with van der Waals surface area (Å²) in [6, 6.07) is 11.3. The molecule has 124 valence electrons. The highest BCUT2D eigenvalue weighted by Crippen LogP contribution is 2.57. The van der Waals surface area contributed by atoms with E-state index in [1.165, 1.54) is 6.08 Å². The SMILES string of the molecule is CCNC(=O)/C=C(\C#C[C@](O)(c1ccccc1)C1(C#N)CC1)CC. The first-order valence-electron chi connectivity index (χ1n) is 8.22. The van der Waals surface area contributed by atoms with Crippen LogP contribution in [0.1, 0.15) is 38.7 Å². The van der Waals surface area contributed by atoms with E-state index in [1.807, 2.05) is 32.0 Å². The Labute approximate surface area is 143 Å². The maximum absolute atomic E-state index is 11.7. The third-order valence-electron chi connectivity index (χ3n) is 4.29. The van der Waals surface area contributed by atoms with Crippen LogP contribution in [0.3, 0.4) is 0 Å². The maximum atomic E-state index is 11.7. The van der Waals surface area contributed by atoms with Crippen LogP contribution in [0.4, 0.5) is 0 Å². The Balaban J connectivity index is 2.42. The summed E-state index contributed by atoms with van der Waals surface area (Å²) in [5.74, 6) is 5.63. The average Bonchev–Trinajstić information content (AvgIpc) is 3.41. The summed E-state index contributed by atoms with van der Waals surface area (Å²) in [7, 11) is 0. The zero-order valence-electron chi connectivity index (χ0n) is 14.1. The molecule has 4 nitrogen and oxygen atoms in total. The van der Waals surface area contributed by atoms with Crippen LogP contribution in [0, 0.1) is 28.6 Å². The van der Waals surface area contributed by atoms with E-state index < -0.39 is 11.0 Å². The Morgan fingerprint density at radius 3 is 2.54 bits per heavy atom. The number of aliphatic hydroxyl groups is 1. The Morgan fingerprint density at radius 2 is 2.04 bits per heavy atom. The van der Waals surface area contributed by atoms with Gasteiger partial charge < -0.3 is 10.4 Å². The first kappa shape index (κ1) is 17.8. The van der Waals surface area contributed by atoms with Gasteiger partial charge in [0.2, 0.25) is 5.91 Å². The van der Waals surface area contributed by atoms with Crippen molar-refractivity contribution in [2.24, 2.45) is 5.41 Å². The molecule has 24 heavy (non-hydrogen) atoms. The molecule has 0 bridgehead atoms. The molecule has 1 aliphatic carbocycles. The standard InChI is InChI=1S/C20H22N2O2/c1-3-16(14-18(23)22-4-2)10-11-20(24,19(15-21)12-13-19)17-8-6-5-7-9-17/h5-9,14,24H,3-4,12-13H2,1-2H3,(H,22,23)/b16-14-/t20-/m0/s1. The molecule has 1 saturated carbocycles. The Hall–Kier alpha value is -2.56. The summed E-state index contributed by atoms with van der Waals surface area (Å²) in [4.78, 5) is 11.7. The zero-order valence-corrected chi connectivity index (χ0v) is 14.1. The smallest absolute Gasteiger partial charge is 0.244 e. The van der Waals surface area contributed by atoms with Gasteiger partial charge in [-0.25, -0.2) is 0 Å². The summed E-state index contributed by atoms with van der Waals surface area (Å²) < 4.78 is 0. The van der Waals surface area contributed by atoms with E-state index in [0.717, 1.165) is 0 Å². The van der Waals surface area contributed by atoms with Gasteiger partial charge in [0, 0.05) is 18.2 Å². The van der Waals surface area contributed by atoms with Gasteiger partial charge in [0.25, 0.3) is 0 Å². The number of amides is 1. The number of carbonyl (C=O) groups is 1. The fraction of sp³-hybridized carbons (Fsp3) is 0.400. The number of rotatable bonds is 5. The predicted molar refractivity (Wildman–Crippen MR) is 92.5 cm³/mol. The minimum atomic E-state index is -1.53. The number of carbonyl (C=O) groups excluding carboxylic acids is 1. The minimum absolute atomic E-state index is 0.201. The molecule has 1 aromatic rings. The lowest BCUT2D eigenvalue weighted by Gasteiger charge is -2.27. The van der Waals surface area contributed by atoms with Gasteiger partial charge in [-0.05, 0) is 31.7 Å². The van der Waals surface area contributed by atoms with Crippen LogP contribution in [0.25, 0.3) is 0 Å². The lowest BCUT2D eigenvalue weighted by Crippen LogP contribution is -2.34. The van der Waals surface area contributed by atoms with Crippen LogP contribution < -0.4 is 5.32 Å². The molecule has 0 aromatic heterocycles. The van der Waals surface area contributed by atoms with Crippen LogP contribution in [-0.4, -0.2) is 17.6 Å². The summed E-state index contributed by atoms with van der Waals surface area (Å²) in [6.45, 7) is 4.30. The number of hydrogen-bond donors (Lipinski definition) is 2. The van der Waals surface area contributed by atoms with E-state index in [2.05, 4.69) is 23.2 Å². The van der Waals surface area contributed by atoms with Crippen LogP contribution in [0.2, 0.25) is 0 Å². The molecule has 1 amide bonds. The normalized spacial score (nSPS) is 17.7. The number of nitrogens with zero attached hydrogens (tertiary/aromatic N) is 1. The molecule has 0 unspecified atom stereocenters. The first-order chi connectivity index (χ1) is 11.5. The van der Waals surface area contributed by atoms with Crippen molar-refractivity contribution in [3.05, 3.63) is 47.5 Å². The first-order valence-corrected chi connectivity index (χ1v) is 8.22. The van der Waals surface area contributed by atoms with E-state index in [1.54, 1.807) is 12.1 Å². The molecule has 4 heteroatoms. The summed E-state index contributed by atoms with van der Waals surface area (Å²) in [6.07, 6.45) is 3.26. The maximum Gasteiger partial charge on any atom is 0.244 e. The van der Waals surface area contributed by atoms with Gasteiger partial charge in [-0.2, -0.15) is 5.26 Å². The Morgan fingerprint density at radius 1 is 1.38 bits per heavy atom. The second-order valence-electron chi connectivity index (χ2n) is 5.94. The van der Waals surface area contributed by atoms with E-state index in [0.29, 0.717) is 36.9 Å². The van der Waals surface area contributed by atoms with Crippen LogP contribution in [-0.2, 0) is 10.4 Å². The van der Waals surface area contributed by atoms with Crippen molar-refractivity contribution in [2.45, 2.75) is 38.7 Å². The monoisotopic (exact) mass is 322 g/mol. The molecule has 1 aliphatic rings. The molecule has 1 atom stereocenters. The lowest BCUT2D eigenvalue weighted by molar-refractivity contribution is -0.116. The molecule has 0 aliphatic heterocycles. The van der Waals surface area contributed by atoms with Gasteiger partial charge in [0.15, 0.2) is 5.60 Å². The Kier molecular flexibility index (Phi) is 5.44. The second kappa shape index (κ2) is 7.34. The van der Waals surface area contributed by atoms with Crippen molar-refractivity contribution in [1.29, 1.82) is 5.26 Å². The van der Waals surface area contributed by atoms with E-state index >= 15 is 0 Å². The molecule has 2 N–H and O–H groups in total. The van der Waals surface area contributed by atoms with Crippen molar-refractivity contribution in [3.63, 3.8) is 0 Å². The quantitative estimate of drug-likeness (QED) is 0.646. The molecule has 2 rings (SSSR count). The molecule has 1 fully saturated rings. The van der Waals surface area contributed by atoms with Gasteiger partial charge >= 0.3 is 0 Å². The largest absolute Gasteiger partial charge is 0.372 e. The summed E-state index contributed by atoms with van der Waals surface area (Å²) in [5.41, 5.74) is -1.15. The molecule has 0 spiro atoms. The van der Waals surface area contributed by atoms with E-state index in [-0.39, 0.29) is 5.91 Å². The fourth-order valence-electron chi connectivity index (χ4n) is 2.61. The van der Waals surface area contributed by atoms with Gasteiger partial charge in [-0.15, -0.1) is 0 Å². The van der Waals surface area contributed by atoms with E-state index in [4.69, 9.17) is 0 Å². The Bertz CT molecular complexity index is 730. The minimum Gasteiger partial charge on any atom is -0.372 e. The third-order valence-corrected chi connectivity index (χ3v) is 4.29. The molecule has 0 saturated heterocycles. The zero-order chi connectivity index (χ0) is 17.6. The molecule has 0 radical (unpaired) electrons. The topological polar surface area (TPSA) is 73.1 Å². The highest BCUT2D eigenvalue weighted by atomic mass is 16.3. The average molecular weight is 322 g/mol. The number of hydrogen-bond acceptors (Lipinski definition) is 3. The fourth-order valence-corrected chi connectivity index (χ4v) is 2.61. The van der Waals surface area contributed by atoms with Crippen molar-refractivity contribution < 1.29 is 9.90 Å². The highest BCUT2D eigenvalue weighted by molar-refractivity contribution is 5.88. The molecule has 0 heterocycles. The van der Waals surface area contributed by atoms with Crippen LogP contribution in [0.15, 0.2) is 42.0 Å². The van der Waals surface area contributed by atoms with Crippen molar-refractivity contribution in [1.82, 2.24) is 5.32 Å². The number of nitriles is 1. The number of allylic oxidation sites excluding steroid dienone is 1. The number of nitrogens with one attached hydrogen (secondary N) is 1.